The highest BCUT2D eigenvalue weighted by Gasteiger charge is 2.35. The molecule has 9 heteroatoms. The average molecular weight is 441 g/mol. The summed E-state index contributed by atoms with van der Waals surface area (Å²) in [6.45, 7) is 7.71. The first-order chi connectivity index (χ1) is 13.8. The minimum atomic E-state index is -3.65. The molecule has 0 radical (unpaired) electrons. The molecule has 1 aliphatic rings. The second-order valence-corrected chi connectivity index (χ2v) is 10.6. The topological polar surface area (TPSA) is 116 Å². The third kappa shape index (κ3) is 5.51. The van der Waals surface area contributed by atoms with E-state index in [2.05, 4.69) is 0 Å². The molecule has 0 aliphatic carbocycles. The minimum Gasteiger partial charge on any atom is -0.465 e. The van der Waals surface area contributed by atoms with Gasteiger partial charge in [0, 0.05) is 12.8 Å². The number of piperidine rings is 1. The molecule has 1 heterocycles. The molecule has 168 valence electrons. The summed E-state index contributed by atoms with van der Waals surface area (Å²) < 4.78 is 35.3. The number of hydrogen-bond donors (Lipinski definition) is 1. The molecule has 2 unspecified atom stereocenters. The number of nitrogens with zero attached hydrogens (tertiary/aromatic N) is 1. The van der Waals surface area contributed by atoms with Crippen molar-refractivity contribution in [3.05, 3.63) is 23.3 Å². The first-order valence-corrected chi connectivity index (χ1v) is 11.9. The monoisotopic (exact) mass is 440 g/mol. The van der Waals surface area contributed by atoms with Crippen molar-refractivity contribution in [3.63, 3.8) is 0 Å². The van der Waals surface area contributed by atoms with Crippen LogP contribution < -0.4 is 10.6 Å². The van der Waals surface area contributed by atoms with Gasteiger partial charge in [0.1, 0.15) is 5.60 Å². The Bertz CT molecular complexity index is 920. The van der Waals surface area contributed by atoms with Gasteiger partial charge >= 0.3 is 11.9 Å². The van der Waals surface area contributed by atoms with E-state index < -0.39 is 27.6 Å². The maximum Gasteiger partial charge on any atom is 0.338 e. The van der Waals surface area contributed by atoms with E-state index in [4.69, 9.17) is 15.2 Å². The van der Waals surface area contributed by atoms with Gasteiger partial charge in [-0.05, 0) is 57.7 Å². The lowest BCUT2D eigenvalue weighted by molar-refractivity contribution is -0.161. The molecule has 1 saturated heterocycles. The molecule has 8 nitrogen and oxygen atoms in total. The number of sulfone groups is 1. The van der Waals surface area contributed by atoms with Crippen molar-refractivity contribution >= 4 is 27.5 Å². The van der Waals surface area contributed by atoms with Gasteiger partial charge in [0.05, 0.1) is 35.3 Å². The van der Waals surface area contributed by atoms with Crippen molar-refractivity contribution in [2.75, 3.05) is 24.8 Å². The fourth-order valence-corrected chi connectivity index (χ4v) is 4.51. The van der Waals surface area contributed by atoms with Crippen LogP contribution in [0.25, 0.3) is 0 Å². The summed E-state index contributed by atoms with van der Waals surface area (Å²) in [6, 6.07) is 3.05. The van der Waals surface area contributed by atoms with Crippen molar-refractivity contribution in [2.45, 2.75) is 63.6 Å². The molecule has 2 N–H and O–H groups in total. The SMILES string of the molecule is CCc1cc(N2CCC(C(=O)OC(C)(C)C)CC2N)c(S(C)(=O)=O)cc1C(=O)OC. The largest absolute Gasteiger partial charge is 0.465 e. The Balaban J connectivity index is 2.42. The van der Waals surface area contributed by atoms with Crippen molar-refractivity contribution in [2.24, 2.45) is 11.7 Å². The first-order valence-electron chi connectivity index (χ1n) is 9.98. The second-order valence-electron chi connectivity index (χ2n) is 8.61. The Hall–Kier alpha value is -2.13. The third-order valence-corrected chi connectivity index (χ3v) is 6.19. The summed E-state index contributed by atoms with van der Waals surface area (Å²) in [7, 11) is -2.39. The number of carbonyl (C=O) groups is 2. The lowest BCUT2D eigenvalue weighted by Gasteiger charge is -2.39. The minimum absolute atomic E-state index is 0.0197. The fourth-order valence-electron chi connectivity index (χ4n) is 3.62. The lowest BCUT2D eigenvalue weighted by atomic mass is 9.93. The predicted molar refractivity (Wildman–Crippen MR) is 114 cm³/mol. The van der Waals surface area contributed by atoms with Crippen LogP contribution in [0.1, 0.15) is 56.5 Å². The van der Waals surface area contributed by atoms with E-state index in [9.17, 15) is 18.0 Å². The maximum absolute atomic E-state index is 12.5. The molecule has 0 bridgehead atoms. The summed E-state index contributed by atoms with van der Waals surface area (Å²) in [5, 5.41) is 0. The number of anilines is 1. The van der Waals surface area contributed by atoms with Crippen molar-refractivity contribution in [1.29, 1.82) is 0 Å². The van der Waals surface area contributed by atoms with Crippen LogP contribution in [0.3, 0.4) is 0 Å². The number of rotatable bonds is 5. The van der Waals surface area contributed by atoms with Crippen molar-refractivity contribution in [1.82, 2.24) is 0 Å². The Morgan fingerprint density at radius 1 is 1.27 bits per heavy atom. The summed E-state index contributed by atoms with van der Waals surface area (Å²) in [5.41, 5.74) is 7.12. The highest BCUT2D eigenvalue weighted by molar-refractivity contribution is 7.90. The fraction of sp³-hybridized carbons (Fsp3) is 0.619. The predicted octanol–water partition coefficient (Wildman–Crippen LogP) is 2.28. The van der Waals surface area contributed by atoms with E-state index in [1.165, 1.54) is 13.2 Å². The average Bonchev–Trinajstić information content (AvgIpc) is 2.64. The van der Waals surface area contributed by atoms with E-state index in [1.807, 2.05) is 27.7 Å². The summed E-state index contributed by atoms with van der Waals surface area (Å²) in [4.78, 5) is 26.4. The smallest absolute Gasteiger partial charge is 0.338 e. The zero-order valence-electron chi connectivity index (χ0n) is 18.5. The van der Waals surface area contributed by atoms with Crippen LogP contribution in [0.15, 0.2) is 17.0 Å². The number of esters is 2. The van der Waals surface area contributed by atoms with Crippen LogP contribution in [0.2, 0.25) is 0 Å². The summed E-state index contributed by atoms with van der Waals surface area (Å²) >= 11 is 0. The van der Waals surface area contributed by atoms with E-state index in [-0.39, 0.29) is 22.3 Å². The van der Waals surface area contributed by atoms with Crippen LogP contribution in [0.5, 0.6) is 0 Å². The number of carbonyl (C=O) groups excluding carboxylic acids is 2. The number of nitrogens with two attached hydrogens (primary N) is 1. The number of aryl methyl sites for hydroxylation is 1. The Kier molecular flexibility index (Phi) is 7.19. The molecule has 1 aliphatic heterocycles. The van der Waals surface area contributed by atoms with Gasteiger partial charge in [-0.15, -0.1) is 0 Å². The molecule has 1 fully saturated rings. The quantitative estimate of drug-likeness (QED) is 0.693. The van der Waals surface area contributed by atoms with Gasteiger partial charge in [0.15, 0.2) is 9.84 Å². The lowest BCUT2D eigenvalue weighted by Crippen LogP contribution is -2.50. The standard InChI is InChI=1S/C21H32N2O6S/c1-7-13-10-16(17(30(6,26)27)12-15(13)20(25)28-5)23-9-8-14(11-18(23)22)19(24)29-21(2,3)4/h10,12,14,18H,7-9,11,22H2,1-6H3. The van der Waals surface area contributed by atoms with Crippen LogP contribution in [-0.4, -0.2) is 52.0 Å². The van der Waals surface area contributed by atoms with Gasteiger partial charge in [-0.25, -0.2) is 13.2 Å². The molecule has 1 aromatic carbocycles. The van der Waals surface area contributed by atoms with E-state index in [1.54, 1.807) is 11.0 Å². The van der Waals surface area contributed by atoms with Gasteiger partial charge in [0.25, 0.3) is 0 Å². The van der Waals surface area contributed by atoms with Gasteiger partial charge in [0.2, 0.25) is 0 Å². The van der Waals surface area contributed by atoms with Gasteiger partial charge < -0.3 is 20.1 Å². The molecule has 0 saturated carbocycles. The number of hydrogen-bond acceptors (Lipinski definition) is 8. The number of ether oxygens (including phenoxy) is 2. The van der Waals surface area contributed by atoms with Crippen molar-refractivity contribution in [3.8, 4) is 0 Å². The summed E-state index contributed by atoms with van der Waals surface area (Å²) in [5.74, 6) is -1.23. The van der Waals surface area contributed by atoms with Gasteiger partial charge in [-0.2, -0.15) is 0 Å². The van der Waals surface area contributed by atoms with Crippen LogP contribution in [0.4, 0.5) is 5.69 Å². The van der Waals surface area contributed by atoms with Gasteiger partial charge in [-0.1, -0.05) is 6.92 Å². The van der Waals surface area contributed by atoms with Crippen LogP contribution in [0, 0.1) is 5.92 Å². The zero-order valence-corrected chi connectivity index (χ0v) is 19.3. The highest BCUT2D eigenvalue weighted by atomic mass is 32.2. The Morgan fingerprint density at radius 2 is 1.90 bits per heavy atom. The van der Waals surface area contributed by atoms with E-state index in [0.717, 1.165) is 6.26 Å². The molecule has 2 rings (SSSR count). The molecular formula is C21H32N2O6S. The van der Waals surface area contributed by atoms with Gasteiger partial charge in [-0.3, -0.25) is 4.79 Å². The molecule has 0 amide bonds. The van der Waals surface area contributed by atoms with Crippen LogP contribution >= 0.6 is 0 Å². The maximum atomic E-state index is 12.5. The highest BCUT2D eigenvalue weighted by Crippen LogP contribution is 2.35. The molecule has 30 heavy (non-hydrogen) atoms. The molecular weight excluding hydrogens is 408 g/mol. The first kappa shape index (κ1) is 24.1. The normalized spacial score (nSPS) is 20.0. The van der Waals surface area contributed by atoms with E-state index in [0.29, 0.717) is 37.1 Å². The zero-order chi connectivity index (χ0) is 22.9. The molecule has 0 spiro atoms. The Morgan fingerprint density at radius 3 is 2.37 bits per heavy atom. The number of methoxy groups -OCH3 is 1. The number of benzene rings is 1. The van der Waals surface area contributed by atoms with Crippen LogP contribution in [-0.2, 0) is 30.5 Å². The molecule has 1 aromatic rings. The third-order valence-electron chi connectivity index (χ3n) is 5.06. The second kappa shape index (κ2) is 8.93. The summed E-state index contributed by atoms with van der Waals surface area (Å²) in [6.07, 6.45) is 1.89. The molecule has 0 aromatic heterocycles. The van der Waals surface area contributed by atoms with E-state index >= 15 is 0 Å². The molecule has 2 atom stereocenters. The van der Waals surface area contributed by atoms with Crippen molar-refractivity contribution < 1.29 is 27.5 Å². The Labute approximate surface area is 178 Å².